The van der Waals surface area contributed by atoms with Crippen LogP contribution in [0.15, 0.2) is 41.1 Å². The Morgan fingerprint density at radius 3 is 2.95 bits per heavy atom. The highest BCUT2D eigenvalue weighted by Gasteiger charge is 2.10. The summed E-state index contributed by atoms with van der Waals surface area (Å²) in [6, 6.07) is 7.05. The van der Waals surface area contributed by atoms with Gasteiger partial charge in [0, 0.05) is 18.9 Å². The van der Waals surface area contributed by atoms with E-state index >= 15 is 0 Å². The van der Waals surface area contributed by atoms with E-state index in [2.05, 4.69) is 43.5 Å². The number of pyridine rings is 2. The molecule has 104 valence electrons. The Hall–Kier alpha value is -1.95. The van der Waals surface area contributed by atoms with Crippen LogP contribution in [-0.4, -0.2) is 22.4 Å². The number of anilines is 2. The van der Waals surface area contributed by atoms with Crippen LogP contribution in [0.5, 0.6) is 0 Å². The number of rotatable bonds is 5. The van der Waals surface area contributed by atoms with Crippen LogP contribution in [0.2, 0.25) is 0 Å². The molecule has 2 rings (SSSR count). The van der Waals surface area contributed by atoms with Gasteiger partial charge in [0.2, 0.25) is 0 Å². The second-order valence-electron chi connectivity index (χ2n) is 4.14. The molecule has 2 heterocycles. The highest BCUT2D eigenvalue weighted by Crippen LogP contribution is 2.20. The third-order valence-corrected chi connectivity index (χ3v) is 3.19. The molecule has 0 fully saturated rings. The van der Waals surface area contributed by atoms with Gasteiger partial charge in [-0.15, -0.1) is 0 Å². The number of carbonyl (C=O) groups is 1. The molecule has 0 aliphatic heterocycles. The van der Waals surface area contributed by atoms with E-state index in [-0.39, 0.29) is 5.91 Å². The summed E-state index contributed by atoms with van der Waals surface area (Å²) in [5.74, 6) is 0.449. The Balaban J connectivity index is 2.11. The van der Waals surface area contributed by atoms with Gasteiger partial charge in [-0.1, -0.05) is 13.0 Å². The van der Waals surface area contributed by atoms with Crippen molar-refractivity contribution < 1.29 is 4.79 Å². The molecule has 1 amide bonds. The zero-order chi connectivity index (χ0) is 14.4. The minimum absolute atomic E-state index is 0.253. The van der Waals surface area contributed by atoms with Gasteiger partial charge >= 0.3 is 0 Å². The highest BCUT2D eigenvalue weighted by atomic mass is 79.9. The van der Waals surface area contributed by atoms with Gasteiger partial charge in [0.1, 0.15) is 11.5 Å². The predicted octanol–water partition coefficient (Wildman–Crippen LogP) is 3.31. The first kappa shape index (κ1) is 14.5. The van der Waals surface area contributed by atoms with E-state index in [1.165, 1.54) is 0 Å². The molecule has 0 radical (unpaired) electrons. The predicted molar refractivity (Wildman–Crippen MR) is 82.9 cm³/mol. The van der Waals surface area contributed by atoms with Crippen molar-refractivity contribution in [2.24, 2.45) is 0 Å². The lowest BCUT2D eigenvalue weighted by Gasteiger charge is -2.08. The fraction of sp³-hybridized carbons (Fsp3) is 0.214. The molecule has 0 saturated heterocycles. The van der Waals surface area contributed by atoms with Gasteiger partial charge in [-0.2, -0.15) is 0 Å². The minimum atomic E-state index is -0.253. The van der Waals surface area contributed by atoms with Crippen LogP contribution in [0.4, 0.5) is 11.5 Å². The number of hydrogen-bond donors (Lipinski definition) is 2. The fourth-order valence-corrected chi connectivity index (χ4v) is 1.93. The lowest BCUT2D eigenvalue weighted by molar-refractivity contribution is 0.102. The van der Waals surface area contributed by atoms with Crippen molar-refractivity contribution in [2.75, 3.05) is 17.2 Å². The first-order chi connectivity index (χ1) is 9.70. The molecule has 2 N–H and O–H groups in total. The SMILES string of the molecule is CCCNc1cccc(C(=O)Nc2ccncc2Br)n1. The van der Waals surface area contributed by atoms with Crippen molar-refractivity contribution in [3.05, 3.63) is 46.8 Å². The van der Waals surface area contributed by atoms with Gasteiger partial charge in [0.15, 0.2) is 0 Å². The largest absolute Gasteiger partial charge is 0.370 e. The maximum Gasteiger partial charge on any atom is 0.274 e. The van der Waals surface area contributed by atoms with Gasteiger partial charge in [0.25, 0.3) is 5.91 Å². The molecular weight excluding hydrogens is 320 g/mol. The normalized spacial score (nSPS) is 10.1. The molecule has 0 bridgehead atoms. The van der Waals surface area contributed by atoms with Crippen LogP contribution >= 0.6 is 15.9 Å². The number of aromatic nitrogens is 2. The maximum absolute atomic E-state index is 12.1. The smallest absolute Gasteiger partial charge is 0.274 e. The van der Waals surface area contributed by atoms with E-state index in [1.807, 2.05) is 12.1 Å². The fourth-order valence-electron chi connectivity index (χ4n) is 1.58. The van der Waals surface area contributed by atoms with Crippen LogP contribution in [0.1, 0.15) is 23.8 Å². The van der Waals surface area contributed by atoms with Crippen LogP contribution in [0.25, 0.3) is 0 Å². The van der Waals surface area contributed by atoms with Crippen LogP contribution in [-0.2, 0) is 0 Å². The third kappa shape index (κ3) is 3.77. The molecule has 0 aliphatic rings. The summed E-state index contributed by atoms with van der Waals surface area (Å²) >= 11 is 3.34. The summed E-state index contributed by atoms with van der Waals surface area (Å²) in [5.41, 5.74) is 1.04. The zero-order valence-corrected chi connectivity index (χ0v) is 12.6. The summed E-state index contributed by atoms with van der Waals surface area (Å²) in [6.07, 6.45) is 4.25. The Labute approximate surface area is 126 Å². The molecule has 6 heteroatoms. The van der Waals surface area contributed by atoms with E-state index in [0.29, 0.717) is 17.2 Å². The number of nitrogens with one attached hydrogen (secondary N) is 2. The quantitative estimate of drug-likeness (QED) is 0.880. The molecule has 2 aromatic heterocycles. The lowest BCUT2D eigenvalue weighted by atomic mass is 10.3. The Morgan fingerprint density at radius 1 is 1.35 bits per heavy atom. The van der Waals surface area contributed by atoms with Crippen molar-refractivity contribution >= 4 is 33.3 Å². The van der Waals surface area contributed by atoms with Crippen LogP contribution in [0.3, 0.4) is 0 Å². The van der Waals surface area contributed by atoms with Gasteiger partial charge in [0.05, 0.1) is 10.2 Å². The summed E-state index contributed by atoms with van der Waals surface area (Å²) in [6.45, 7) is 2.90. The van der Waals surface area contributed by atoms with Gasteiger partial charge in [-0.25, -0.2) is 4.98 Å². The van der Waals surface area contributed by atoms with Crippen molar-refractivity contribution in [3.63, 3.8) is 0 Å². The standard InChI is InChI=1S/C14H15BrN4O/c1-2-7-17-13-5-3-4-12(18-13)14(20)19-11-6-8-16-9-10(11)15/h3-6,8-9H,2,7H2,1H3,(H,17,18)(H,16,19,20). The van der Waals surface area contributed by atoms with Crippen molar-refractivity contribution in [1.29, 1.82) is 0 Å². The Morgan fingerprint density at radius 2 is 2.20 bits per heavy atom. The molecule has 0 atom stereocenters. The monoisotopic (exact) mass is 334 g/mol. The molecule has 20 heavy (non-hydrogen) atoms. The number of amides is 1. The number of nitrogens with zero attached hydrogens (tertiary/aromatic N) is 2. The summed E-state index contributed by atoms with van der Waals surface area (Å²) < 4.78 is 0.730. The van der Waals surface area contributed by atoms with Gasteiger partial charge < -0.3 is 10.6 Å². The first-order valence-corrected chi connectivity index (χ1v) is 7.12. The van der Waals surface area contributed by atoms with Gasteiger partial charge in [-0.05, 0) is 40.5 Å². The molecule has 2 aromatic rings. The van der Waals surface area contributed by atoms with E-state index in [4.69, 9.17) is 0 Å². The number of halogens is 1. The highest BCUT2D eigenvalue weighted by molar-refractivity contribution is 9.10. The molecule has 0 spiro atoms. The lowest BCUT2D eigenvalue weighted by Crippen LogP contribution is -2.15. The Bertz CT molecular complexity index is 603. The van der Waals surface area contributed by atoms with E-state index in [9.17, 15) is 4.79 Å². The van der Waals surface area contributed by atoms with Crippen molar-refractivity contribution in [2.45, 2.75) is 13.3 Å². The average Bonchev–Trinajstić information content (AvgIpc) is 2.48. The van der Waals surface area contributed by atoms with Gasteiger partial charge in [-0.3, -0.25) is 9.78 Å². The van der Waals surface area contributed by atoms with Crippen molar-refractivity contribution in [1.82, 2.24) is 9.97 Å². The van der Waals surface area contributed by atoms with Crippen LogP contribution < -0.4 is 10.6 Å². The summed E-state index contributed by atoms with van der Waals surface area (Å²) in [5, 5.41) is 5.95. The Kier molecular flexibility index (Phi) is 5.06. The molecule has 0 saturated carbocycles. The molecule has 0 unspecified atom stereocenters. The topological polar surface area (TPSA) is 66.9 Å². The molecular formula is C14H15BrN4O. The maximum atomic E-state index is 12.1. The summed E-state index contributed by atoms with van der Waals surface area (Å²) in [7, 11) is 0. The number of carbonyl (C=O) groups excluding carboxylic acids is 1. The average molecular weight is 335 g/mol. The third-order valence-electron chi connectivity index (χ3n) is 2.56. The van der Waals surface area contributed by atoms with E-state index in [1.54, 1.807) is 24.5 Å². The van der Waals surface area contributed by atoms with Crippen molar-refractivity contribution in [3.8, 4) is 0 Å². The van der Waals surface area contributed by atoms with E-state index in [0.717, 1.165) is 17.4 Å². The molecule has 0 aromatic carbocycles. The molecule has 0 aliphatic carbocycles. The molecule has 5 nitrogen and oxygen atoms in total. The van der Waals surface area contributed by atoms with E-state index < -0.39 is 0 Å². The second kappa shape index (κ2) is 7.00. The zero-order valence-electron chi connectivity index (χ0n) is 11.1. The minimum Gasteiger partial charge on any atom is -0.370 e. The summed E-state index contributed by atoms with van der Waals surface area (Å²) in [4.78, 5) is 20.4. The number of hydrogen-bond acceptors (Lipinski definition) is 4. The first-order valence-electron chi connectivity index (χ1n) is 6.32. The van der Waals surface area contributed by atoms with Crippen LogP contribution in [0, 0.1) is 0 Å². The second-order valence-corrected chi connectivity index (χ2v) is 5.00.